The van der Waals surface area contributed by atoms with Crippen molar-refractivity contribution in [3.05, 3.63) is 80.4 Å². The standard InChI is InChI=1S/C19H15ClN2O4/c20-16-9-11(19(23)24)8-15-13-5-2-6-14(13)17(21-18(15)16)10-3-1-4-12(7-10)22(25)26/h1-5,7-9,13-14,17,21H,6H2,(H,23,24)/t13-,14+,17+/m1/s1. The number of carboxylic acid groups (broad SMARTS) is 1. The predicted molar refractivity (Wildman–Crippen MR) is 97.9 cm³/mol. The van der Waals surface area contributed by atoms with Crippen molar-refractivity contribution in [3.63, 3.8) is 0 Å². The van der Waals surface area contributed by atoms with Crippen LogP contribution in [0.25, 0.3) is 0 Å². The molecular formula is C19H15ClN2O4. The molecule has 7 heteroatoms. The molecule has 0 fully saturated rings. The van der Waals surface area contributed by atoms with Gasteiger partial charge in [0.05, 0.1) is 27.2 Å². The highest BCUT2D eigenvalue weighted by atomic mass is 35.5. The molecule has 0 saturated carbocycles. The van der Waals surface area contributed by atoms with Gasteiger partial charge in [-0.1, -0.05) is 35.9 Å². The molecule has 0 unspecified atom stereocenters. The van der Waals surface area contributed by atoms with Crippen molar-refractivity contribution in [1.82, 2.24) is 0 Å². The molecule has 2 N–H and O–H groups in total. The third-order valence-electron chi connectivity index (χ3n) is 5.11. The number of nitro groups is 1. The van der Waals surface area contributed by atoms with E-state index in [0.29, 0.717) is 10.7 Å². The maximum atomic E-state index is 11.4. The lowest BCUT2D eigenvalue weighted by Gasteiger charge is -2.38. The molecule has 4 rings (SSSR count). The number of nitrogens with one attached hydrogen (secondary N) is 1. The lowest BCUT2D eigenvalue weighted by molar-refractivity contribution is -0.384. The van der Waals surface area contributed by atoms with Crippen LogP contribution >= 0.6 is 11.6 Å². The highest BCUT2D eigenvalue weighted by Gasteiger charge is 2.39. The van der Waals surface area contributed by atoms with Crippen molar-refractivity contribution < 1.29 is 14.8 Å². The summed E-state index contributed by atoms with van der Waals surface area (Å²) < 4.78 is 0. The SMILES string of the molecule is O=C(O)c1cc(Cl)c2c(c1)[C@@H]1C=CC[C@@H]1[C@H](c1cccc([N+](=O)[O-])c1)N2. The van der Waals surface area contributed by atoms with Gasteiger partial charge in [0.15, 0.2) is 0 Å². The fourth-order valence-electron chi connectivity index (χ4n) is 3.94. The van der Waals surface area contributed by atoms with Crippen LogP contribution in [0.4, 0.5) is 11.4 Å². The summed E-state index contributed by atoms with van der Waals surface area (Å²) >= 11 is 6.36. The molecule has 3 atom stereocenters. The summed E-state index contributed by atoms with van der Waals surface area (Å²) in [4.78, 5) is 22.1. The summed E-state index contributed by atoms with van der Waals surface area (Å²) in [7, 11) is 0. The number of fused-ring (bicyclic) bond motifs is 3. The Labute approximate surface area is 154 Å². The number of non-ortho nitro benzene ring substituents is 1. The van der Waals surface area contributed by atoms with E-state index in [9.17, 15) is 20.0 Å². The zero-order valence-corrected chi connectivity index (χ0v) is 14.3. The van der Waals surface area contributed by atoms with Crippen LogP contribution in [-0.4, -0.2) is 16.0 Å². The van der Waals surface area contributed by atoms with E-state index in [1.54, 1.807) is 18.2 Å². The number of carboxylic acids is 1. The van der Waals surface area contributed by atoms with Crippen LogP contribution in [0.1, 0.15) is 39.9 Å². The number of anilines is 1. The first-order valence-electron chi connectivity index (χ1n) is 8.20. The number of hydrogen-bond donors (Lipinski definition) is 2. The second-order valence-corrected chi connectivity index (χ2v) is 6.96. The molecule has 2 aliphatic rings. The minimum atomic E-state index is -1.02. The number of allylic oxidation sites excluding steroid dienone is 2. The molecule has 0 radical (unpaired) electrons. The first-order valence-corrected chi connectivity index (χ1v) is 8.58. The molecule has 0 saturated heterocycles. The number of hydrogen-bond acceptors (Lipinski definition) is 4. The number of aromatic carboxylic acids is 1. The number of carbonyl (C=O) groups is 1. The zero-order valence-electron chi connectivity index (χ0n) is 13.6. The van der Waals surface area contributed by atoms with E-state index in [-0.39, 0.29) is 29.1 Å². The summed E-state index contributed by atoms with van der Waals surface area (Å²) in [6.07, 6.45) is 4.94. The van der Waals surface area contributed by atoms with E-state index in [4.69, 9.17) is 11.6 Å². The van der Waals surface area contributed by atoms with Crippen LogP contribution in [0.3, 0.4) is 0 Å². The Balaban J connectivity index is 1.81. The van der Waals surface area contributed by atoms with Crippen molar-refractivity contribution in [3.8, 4) is 0 Å². The summed E-state index contributed by atoms with van der Waals surface area (Å²) in [5.41, 5.74) is 2.58. The van der Waals surface area contributed by atoms with Gasteiger partial charge in [-0.15, -0.1) is 0 Å². The molecule has 132 valence electrons. The summed E-state index contributed by atoms with van der Waals surface area (Å²) in [5, 5.41) is 24.2. The first kappa shape index (κ1) is 16.6. The average Bonchev–Trinajstić information content (AvgIpc) is 3.11. The van der Waals surface area contributed by atoms with Gasteiger partial charge in [0.2, 0.25) is 0 Å². The lowest BCUT2D eigenvalue weighted by atomic mass is 9.76. The molecule has 0 bridgehead atoms. The van der Waals surface area contributed by atoms with Gasteiger partial charge in [0.25, 0.3) is 5.69 Å². The van der Waals surface area contributed by atoms with Crippen LogP contribution < -0.4 is 5.32 Å². The molecular weight excluding hydrogens is 356 g/mol. The molecule has 1 aliphatic heterocycles. The van der Waals surface area contributed by atoms with E-state index >= 15 is 0 Å². The third-order valence-corrected chi connectivity index (χ3v) is 5.41. The monoisotopic (exact) mass is 370 g/mol. The largest absolute Gasteiger partial charge is 0.478 e. The van der Waals surface area contributed by atoms with Gasteiger partial charge in [0, 0.05) is 18.1 Å². The van der Waals surface area contributed by atoms with E-state index < -0.39 is 10.9 Å². The Hall–Kier alpha value is -2.86. The second kappa shape index (κ2) is 6.14. The van der Waals surface area contributed by atoms with Gasteiger partial charge in [-0.05, 0) is 35.6 Å². The lowest BCUT2D eigenvalue weighted by Crippen LogP contribution is -2.29. The van der Waals surface area contributed by atoms with Gasteiger partial charge in [-0.3, -0.25) is 10.1 Å². The van der Waals surface area contributed by atoms with Crippen molar-refractivity contribution in [2.75, 3.05) is 5.32 Å². The van der Waals surface area contributed by atoms with Crippen LogP contribution in [0, 0.1) is 16.0 Å². The average molecular weight is 371 g/mol. The van der Waals surface area contributed by atoms with E-state index in [0.717, 1.165) is 17.5 Å². The van der Waals surface area contributed by atoms with E-state index in [2.05, 4.69) is 17.5 Å². The Bertz CT molecular complexity index is 957. The van der Waals surface area contributed by atoms with Crippen LogP contribution in [0.2, 0.25) is 5.02 Å². The molecule has 0 amide bonds. The highest BCUT2D eigenvalue weighted by Crippen LogP contribution is 2.52. The van der Waals surface area contributed by atoms with Gasteiger partial charge in [-0.25, -0.2) is 4.79 Å². The summed E-state index contributed by atoms with van der Waals surface area (Å²) in [5.74, 6) is -0.856. The molecule has 6 nitrogen and oxygen atoms in total. The quantitative estimate of drug-likeness (QED) is 0.461. The third kappa shape index (κ3) is 2.63. The maximum absolute atomic E-state index is 11.4. The van der Waals surface area contributed by atoms with Gasteiger partial charge in [0.1, 0.15) is 0 Å². The summed E-state index contributed by atoms with van der Waals surface area (Å²) in [6.45, 7) is 0. The van der Waals surface area contributed by atoms with E-state index in [1.807, 2.05) is 6.07 Å². The molecule has 2 aromatic carbocycles. The molecule has 0 aromatic heterocycles. The number of benzene rings is 2. The zero-order chi connectivity index (χ0) is 18.4. The maximum Gasteiger partial charge on any atom is 0.335 e. The summed E-state index contributed by atoms with van der Waals surface area (Å²) in [6, 6.07) is 9.54. The number of rotatable bonds is 3. The predicted octanol–water partition coefficient (Wildman–Crippen LogP) is 4.77. The molecule has 0 spiro atoms. The Morgan fingerprint density at radius 2 is 2.12 bits per heavy atom. The Kier molecular flexibility index (Phi) is 3.92. The van der Waals surface area contributed by atoms with E-state index in [1.165, 1.54) is 12.1 Å². The minimum Gasteiger partial charge on any atom is -0.478 e. The smallest absolute Gasteiger partial charge is 0.335 e. The van der Waals surface area contributed by atoms with Crippen LogP contribution in [0.5, 0.6) is 0 Å². The number of nitro benzene ring substituents is 1. The number of halogens is 1. The van der Waals surface area contributed by atoms with Crippen molar-refractivity contribution in [1.29, 1.82) is 0 Å². The molecule has 2 aromatic rings. The van der Waals surface area contributed by atoms with Gasteiger partial charge in [-0.2, -0.15) is 0 Å². The fourth-order valence-corrected chi connectivity index (χ4v) is 4.22. The topological polar surface area (TPSA) is 92.5 Å². The van der Waals surface area contributed by atoms with Crippen LogP contribution in [-0.2, 0) is 0 Å². The van der Waals surface area contributed by atoms with Gasteiger partial charge < -0.3 is 10.4 Å². The van der Waals surface area contributed by atoms with Crippen molar-refractivity contribution >= 4 is 28.9 Å². The molecule has 26 heavy (non-hydrogen) atoms. The Morgan fingerprint density at radius 3 is 2.85 bits per heavy atom. The first-order chi connectivity index (χ1) is 12.5. The number of nitrogens with zero attached hydrogens (tertiary/aromatic N) is 1. The normalized spacial score (nSPS) is 23.0. The highest BCUT2D eigenvalue weighted by molar-refractivity contribution is 6.33. The Morgan fingerprint density at radius 1 is 1.31 bits per heavy atom. The minimum absolute atomic E-state index is 0.0207. The van der Waals surface area contributed by atoms with Gasteiger partial charge >= 0.3 is 5.97 Å². The van der Waals surface area contributed by atoms with Crippen LogP contribution in [0.15, 0.2) is 48.6 Å². The van der Waals surface area contributed by atoms with Crippen molar-refractivity contribution in [2.24, 2.45) is 5.92 Å². The van der Waals surface area contributed by atoms with Crippen molar-refractivity contribution in [2.45, 2.75) is 18.4 Å². The molecule has 1 heterocycles. The fraction of sp³-hybridized carbons (Fsp3) is 0.211. The molecule has 1 aliphatic carbocycles. The second-order valence-electron chi connectivity index (χ2n) is 6.56.